The van der Waals surface area contributed by atoms with Crippen LogP contribution in [0.1, 0.15) is 21.5 Å². The van der Waals surface area contributed by atoms with Crippen LogP contribution in [-0.2, 0) is 13.0 Å². The van der Waals surface area contributed by atoms with Gasteiger partial charge in [0.2, 0.25) is 0 Å². The Kier molecular flexibility index (Phi) is 3.14. The van der Waals surface area contributed by atoms with E-state index in [0.29, 0.717) is 18.8 Å². The fourth-order valence-corrected chi connectivity index (χ4v) is 2.61. The summed E-state index contributed by atoms with van der Waals surface area (Å²) < 4.78 is 13.3. The molecule has 0 bridgehead atoms. The summed E-state index contributed by atoms with van der Waals surface area (Å²) in [5.74, 6) is -0.375. The quantitative estimate of drug-likeness (QED) is 0.853. The molecule has 0 atom stereocenters. The lowest BCUT2D eigenvalue weighted by Crippen LogP contribution is -2.37. The monoisotopic (exact) mass is 270 g/mol. The molecule has 2 N–H and O–H groups in total. The van der Waals surface area contributed by atoms with Crippen LogP contribution < -0.4 is 5.73 Å². The Morgan fingerprint density at radius 2 is 2.00 bits per heavy atom. The summed E-state index contributed by atoms with van der Waals surface area (Å²) >= 11 is 0. The van der Waals surface area contributed by atoms with Gasteiger partial charge in [-0.25, -0.2) is 4.39 Å². The molecular weight excluding hydrogens is 255 g/mol. The number of nitrogens with two attached hydrogens (primary N) is 1. The maximum atomic E-state index is 13.3. The Hall–Kier alpha value is -2.36. The molecule has 0 fully saturated rings. The Bertz CT molecular complexity index is 649. The highest BCUT2D eigenvalue weighted by Gasteiger charge is 2.23. The molecule has 1 aliphatic heterocycles. The molecule has 20 heavy (non-hydrogen) atoms. The summed E-state index contributed by atoms with van der Waals surface area (Å²) in [5.41, 5.74) is 8.55. The van der Waals surface area contributed by atoms with Crippen LogP contribution in [0.25, 0.3) is 0 Å². The van der Waals surface area contributed by atoms with Gasteiger partial charge >= 0.3 is 0 Å². The Balaban J connectivity index is 1.84. The van der Waals surface area contributed by atoms with Crippen molar-refractivity contribution in [2.45, 2.75) is 13.0 Å². The van der Waals surface area contributed by atoms with Crippen LogP contribution >= 0.6 is 0 Å². The molecule has 0 saturated heterocycles. The highest BCUT2D eigenvalue weighted by atomic mass is 19.1. The molecule has 102 valence electrons. The number of carbonyl (C=O) groups excluding carboxylic acids is 1. The average Bonchev–Trinajstić information content (AvgIpc) is 2.41. The van der Waals surface area contributed by atoms with Crippen molar-refractivity contribution in [1.82, 2.24) is 4.90 Å². The minimum Gasteiger partial charge on any atom is -0.399 e. The van der Waals surface area contributed by atoms with E-state index in [4.69, 9.17) is 5.73 Å². The maximum absolute atomic E-state index is 13.3. The maximum Gasteiger partial charge on any atom is 0.254 e. The third-order valence-electron chi connectivity index (χ3n) is 3.54. The van der Waals surface area contributed by atoms with Crippen LogP contribution in [0.3, 0.4) is 0 Å². The third kappa shape index (κ3) is 2.37. The lowest BCUT2D eigenvalue weighted by molar-refractivity contribution is 0.0727. The molecule has 4 heteroatoms. The summed E-state index contributed by atoms with van der Waals surface area (Å²) in [6.07, 6.45) is 0.826. The van der Waals surface area contributed by atoms with Gasteiger partial charge in [-0.2, -0.15) is 0 Å². The van der Waals surface area contributed by atoms with Gasteiger partial charge in [0.15, 0.2) is 0 Å². The van der Waals surface area contributed by atoms with Crippen molar-refractivity contribution >= 4 is 11.6 Å². The normalized spacial score (nSPS) is 14.2. The van der Waals surface area contributed by atoms with E-state index < -0.39 is 0 Å². The SMILES string of the molecule is Nc1cc(F)cc(CN2CCc3ccccc3C2=O)c1. The van der Waals surface area contributed by atoms with Gasteiger partial charge < -0.3 is 10.6 Å². The molecule has 0 unspecified atom stereocenters. The zero-order chi connectivity index (χ0) is 14.1. The first-order valence-corrected chi connectivity index (χ1v) is 6.55. The summed E-state index contributed by atoms with van der Waals surface area (Å²) in [6, 6.07) is 12.0. The van der Waals surface area contributed by atoms with Crippen molar-refractivity contribution < 1.29 is 9.18 Å². The molecule has 1 amide bonds. The minimum absolute atomic E-state index is 0.00492. The van der Waals surface area contributed by atoms with E-state index in [-0.39, 0.29) is 11.7 Å². The topological polar surface area (TPSA) is 46.3 Å². The summed E-state index contributed by atoms with van der Waals surface area (Å²) in [6.45, 7) is 1.03. The first kappa shape index (κ1) is 12.7. The van der Waals surface area contributed by atoms with E-state index in [1.54, 1.807) is 11.0 Å². The molecule has 0 aromatic heterocycles. The van der Waals surface area contributed by atoms with E-state index in [9.17, 15) is 9.18 Å². The number of anilines is 1. The molecule has 1 heterocycles. The predicted molar refractivity (Wildman–Crippen MR) is 75.7 cm³/mol. The van der Waals surface area contributed by atoms with Gasteiger partial charge in [0.05, 0.1) is 0 Å². The smallest absolute Gasteiger partial charge is 0.254 e. The fourth-order valence-electron chi connectivity index (χ4n) is 2.61. The molecule has 0 radical (unpaired) electrons. The number of benzene rings is 2. The van der Waals surface area contributed by atoms with Gasteiger partial charge in [-0.1, -0.05) is 18.2 Å². The van der Waals surface area contributed by atoms with Gasteiger partial charge in [-0.3, -0.25) is 4.79 Å². The lowest BCUT2D eigenvalue weighted by Gasteiger charge is -2.28. The van der Waals surface area contributed by atoms with Gasteiger partial charge in [-0.05, 0) is 41.8 Å². The first-order chi connectivity index (χ1) is 9.63. The third-order valence-corrected chi connectivity index (χ3v) is 3.54. The van der Waals surface area contributed by atoms with E-state index in [0.717, 1.165) is 23.1 Å². The number of hydrogen-bond acceptors (Lipinski definition) is 2. The second-order valence-electron chi connectivity index (χ2n) is 5.03. The molecular formula is C16H15FN2O. The van der Waals surface area contributed by atoms with Crippen molar-refractivity contribution in [2.24, 2.45) is 0 Å². The molecule has 2 aromatic rings. The van der Waals surface area contributed by atoms with Crippen LogP contribution in [0.2, 0.25) is 0 Å². The molecule has 0 saturated carbocycles. The first-order valence-electron chi connectivity index (χ1n) is 6.55. The Morgan fingerprint density at radius 1 is 1.20 bits per heavy atom. The highest BCUT2D eigenvalue weighted by molar-refractivity contribution is 5.96. The van der Waals surface area contributed by atoms with Gasteiger partial charge in [-0.15, -0.1) is 0 Å². The Morgan fingerprint density at radius 3 is 2.80 bits per heavy atom. The average molecular weight is 270 g/mol. The standard InChI is InChI=1S/C16H15FN2O/c17-13-7-11(8-14(18)9-13)10-19-6-5-12-3-1-2-4-15(12)16(19)20/h1-4,7-9H,5-6,10,18H2. The van der Waals surface area contributed by atoms with Crippen molar-refractivity contribution in [2.75, 3.05) is 12.3 Å². The number of halogens is 1. The van der Waals surface area contributed by atoms with Crippen LogP contribution in [0.15, 0.2) is 42.5 Å². The second-order valence-corrected chi connectivity index (χ2v) is 5.03. The predicted octanol–water partition coefficient (Wildman–Crippen LogP) is 2.61. The van der Waals surface area contributed by atoms with Crippen molar-refractivity contribution in [3.8, 4) is 0 Å². The van der Waals surface area contributed by atoms with E-state index in [1.807, 2.05) is 24.3 Å². The van der Waals surface area contributed by atoms with E-state index in [2.05, 4.69) is 0 Å². The number of fused-ring (bicyclic) bond motifs is 1. The van der Waals surface area contributed by atoms with Crippen molar-refractivity contribution in [1.29, 1.82) is 0 Å². The number of rotatable bonds is 2. The molecule has 0 aliphatic carbocycles. The zero-order valence-electron chi connectivity index (χ0n) is 11.0. The van der Waals surface area contributed by atoms with Crippen LogP contribution in [-0.4, -0.2) is 17.4 Å². The van der Waals surface area contributed by atoms with E-state index >= 15 is 0 Å². The number of carbonyl (C=O) groups is 1. The van der Waals surface area contributed by atoms with Crippen molar-refractivity contribution in [3.05, 3.63) is 65.0 Å². The van der Waals surface area contributed by atoms with Crippen molar-refractivity contribution in [3.63, 3.8) is 0 Å². The van der Waals surface area contributed by atoms with Crippen LogP contribution in [0, 0.1) is 5.82 Å². The summed E-state index contributed by atoms with van der Waals surface area (Å²) in [7, 11) is 0. The van der Waals surface area contributed by atoms with E-state index in [1.165, 1.54) is 12.1 Å². The molecule has 3 nitrogen and oxygen atoms in total. The number of amides is 1. The van der Waals surface area contributed by atoms with Gasteiger partial charge in [0.1, 0.15) is 5.82 Å². The summed E-state index contributed by atoms with van der Waals surface area (Å²) in [5, 5.41) is 0. The fraction of sp³-hybridized carbons (Fsp3) is 0.188. The molecule has 2 aromatic carbocycles. The largest absolute Gasteiger partial charge is 0.399 e. The molecule has 1 aliphatic rings. The highest BCUT2D eigenvalue weighted by Crippen LogP contribution is 2.21. The second kappa shape index (κ2) is 4.96. The minimum atomic E-state index is -0.371. The number of nitrogen functional groups attached to an aromatic ring is 1. The number of nitrogens with zero attached hydrogens (tertiary/aromatic N) is 1. The van der Waals surface area contributed by atoms with Gasteiger partial charge in [0, 0.05) is 24.3 Å². The lowest BCUT2D eigenvalue weighted by atomic mass is 9.98. The van der Waals surface area contributed by atoms with Gasteiger partial charge in [0.25, 0.3) is 5.91 Å². The van der Waals surface area contributed by atoms with Crippen LogP contribution in [0.5, 0.6) is 0 Å². The molecule has 3 rings (SSSR count). The number of hydrogen-bond donors (Lipinski definition) is 1. The Labute approximate surface area is 116 Å². The molecule has 0 spiro atoms. The summed E-state index contributed by atoms with van der Waals surface area (Å²) in [4.78, 5) is 14.1. The van der Waals surface area contributed by atoms with Crippen LogP contribution in [0.4, 0.5) is 10.1 Å². The zero-order valence-corrected chi connectivity index (χ0v) is 11.0.